The van der Waals surface area contributed by atoms with Crippen molar-refractivity contribution in [3.8, 4) is 0 Å². The molecule has 2 rings (SSSR count). The molecule has 0 spiro atoms. The highest BCUT2D eigenvalue weighted by atomic mass is 35.5. The molecule has 0 aliphatic heterocycles. The van der Waals surface area contributed by atoms with E-state index in [9.17, 15) is 22.8 Å². The van der Waals surface area contributed by atoms with Gasteiger partial charge in [0.25, 0.3) is 0 Å². The molecule has 2 aromatic rings. The minimum absolute atomic E-state index is 0.259. The summed E-state index contributed by atoms with van der Waals surface area (Å²) in [7, 11) is 0. The third-order valence-electron chi connectivity index (χ3n) is 3.12. The van der Waals surface area contributed by atoms with E-state index in [-0.39, 0.29) is 5.69 Å². The lowest BCUT2D eigenvalue weighted by molar-refractivity contribution is -0.137. The SMILES string of the molecule is Cc1ccc(NC(=O)C(=O)Nc2ccccc2C(F)(F)F)cc1Cl. The fourth-order valence-corrected chi connectivity index (χ4v) is 2.06. The predicted octanol–water partition coefficient (Wildman–Crippen LogP) is 4.24. The molecule has 8 heteroatoms. The molecule has 0 aliphatic carbocycles. The van der Waals surface area contributed by atoms with Crippen molar-refractivity contribution in [3.63, 3.8) is 0 Å². The number of anilines is 2. The molecule has 24 heavy (non-hydrogen) atoms. The molecular formula is C16H12ClF3N2O2. The van der Waals surface area contributed by atoms with Crippen LogP contribution in [0.5, 0.6) is 0 Å². The third-order valence-corrected chi connectivity index (χ3v) is 3.52. The van der Waals surface area contributed by atoms with Crippen LogP contribution >= 0.6 is 11.6 Å². The maximum atomic E-state index is 12.9. The molecule has 0 fully saturated rings. The van der Waals surface area contributed by atoms with Crippen molar-refractivity contribution >= 4 is 34.8 Å². The van der Waals surface area contributed by atoms with E-state index < -0.39 is 29.2 Å². The number of para-hydroxylation sites is 1. The molecule has 0 bridgehead atoms. The van der Waals surface area contributed by atoms with Gasteiger partial charge in [-0.25, -0.2) is 0 Å². The lowest BCUT2D eigenvalue weighted by Crippen LogP contribution is -2.30. The van der Waals surface area contributed by atoms with E-state index in [1.54, 1.807) is 13.0 Å². The van der Waals surface area contributed by atoms with Crippen molar-refractivity contribution in [3.05, 3.63) is 58.6 Å². The van der Waals surface area contributed by atoms with E-state index >= 15 is 0 Å². The zero-order valence-electron chi connectivity index (χ0n) is 12.4. The first-order chi connectivity index (χ1) is 11.2. The summed E-state index contributed by atoms with van der Waals surface area (Å²) < 4.78 is 38.6. The van der Waals surface area contributed by atoms with Crippen molar-refractivity contribution in [2.45, 2.75) is 13.1 Å². The summed E-state index contributed by atoms with van der Waals surface area (Å²) in [4.78, 5) is 23.7. The Morgan fingerprint density at radius 3 is 2.25 bits per heavy atom. The Hall–Kier alpha value is -2.54. The topological polar surface area (TPSA) is 58.2 Å². The second-order valence-corrected chi connectivity index (χ2v) is 5.32. The van der Waals surface area contributed by atoms with Gasteiger partial charge >= 0.3 is 18.0 Å². The monoisotopic (exact) mass is 356 g/mol. The zero-order chi connectivity index (χ0) is 17.9. The van der Waals surface area contributed by atoms with E-state index in [0.29, 0.717) is 5.02 Å². The first-order valence-corrected chi connectivity index (χ1v) is 7.11. The van der Waals surface area contributed by atoms with Crippen LogP contribution in [0.2, 0.25) is 5.02 Å². The summed E-state index contributed by atoms with van der Waals surface area (Å²) in [5.41, 5.74) is -0.496. The maximum Gasteiger partial charge on any atom is 0.418 e. The van der Waals surface area contributed by atoms with Gasteiger partial charge in [0.15, 0.2) is 0 Å². The molecule has 2 aromatic carbocycles. The highest BCUT2D eigenvalue weighted by molar-refractivity contribution is 6.43. The number of nitrogens with one attached hydrogen (secondary N) is 2. The molecule has 0 heterocycles. The Bertz CT molecular complexity index is 791. The smallest absolute Gasteiger partial charge is 0.318 e. The number of benzene rings is 2. The molecule has 126 valence electrons. The minimum atomic E-state index is -4.65. The van der Waals surface area contributed by atoms with Crippen LogP contribution in [0.3, 0.4) is 0 Å². The number of carbonyl (C=O) groups excluding carboxylic acids is 2. The van der Waals surface area contributed by atoms with Crippen LogP contribution < -0.4 is 10.6 Å². The van der Waals surface area contributed by atoms with Crippen molar-refractivity contribution < 1.29 is 22.8 Å². The largest absolute Gasteiger partial charge is 0.418 e. The second kappa shape index (κ2) is 6.92. The van der Waals surface area contributed by atoms with E-state index in [2.05, 4.69) is 5.32 Å². The molecular weight excluding hydrogens is 345 g/mol. The van der Waals surface area contributed by atoms with Crippen molar-refractivity contribution in [2.24, 2.45) is 0 Å². The van der Waals surface area contributed by atoms with Crippen LogP contribution in [0.1, 0.15) is 11.1 Å². The van der Waals surface area contributed by atoms with Gasteiger partial charge in [0.05, 0.1) is 11.3 Å². The number of rotatable bonds is 2. The molecule has 0 atom stereocenters. The van der Waals surface area contributed by atoms with Gasteiger partial charge in [0.2, 0.25) is 0 Å². The molecule has 2 N–H and O–H groups in total. The van der Waals surface area contributed by atoms with Crippen molar-refractivity contribution in [1.82, 2.24) is 0 Å². The maximum absolute atomic E-state index is 12.9. The minimum Gasteiger partial charge on any atom is -0.318 e. The Morgan fingerprint density at radius 2 is 1.62 bits per heavy atom. The summed E-state index contributed by atoms with van der Waals surface area (Å²) >= 11 is 5.90. The predicted molar refractivity (Wildman–Crippen MR) is 84.9 cm³/mol. The second-order valence-electron chi connectivity index (χ2n) is 4.92. The number of halogens is 4. The average Bonchev–Trinajstić information content (AvgIpc) is 2.50. The van der Waals surface area contributed by atoms with Gasteiger partial charge < -0.3 is 10.6 Å². The first kappa shape index (κ1) is 17.8. The van der Waals surface area contributed by atoms with Gasteiger partial charge in [-0.3, -0.25) is 9.59 Å². The van der Waals surface area contributed by atoms with E-state index in [0.717, 1.165) is 17.7 Å². The molecule has 0 unspecified atom stereocenters. The number of alkyl halides is 3. The van der Waals surface area contributed by atoms with Crippen LogP contribution in [0, 0.1) is 6.92 Å². The third kappa shape index (κ3) is 4.26. The summed E-state index contributed by atoms with van der Waals surface area (Å²) in [6.45, 7) is 1.76. The lowest BCUT2D eigenvalue weighted by atomic mass is 10.1. The summed E-state index contributed by atoms with van der Waals surface area (Å²) in [5, 5.41) is 4.62. The molecule has 0 saturated carbocycles. The van der Waals surface area contributed by atoms with Crippen LogP contribution in [-0.2, 0) is 15.8 Å². The van der Waals surface area contributed by atoms with Crippen LogP contribution in [0.15, 0.2) is 42.5 Å². The normalized spacial score (nSPS) is 11.0. The quantitative estimate of drug-likeness (QED) is 0.790. The van der Waals surface area contributed by atoms with E-state index in [4.69, 9.17) is 11.6 Å². The van der Waals surface area contributed by atoms with Gasteiger partial charge in [0.1, 0.15) is 0 Å². The van der Waals surface area contributed by atoms with Crippen molar-refractivity contribution in [1.29, 1.82) is 0 Å². The number of amides is 2. The molecule has 0 aromatic heterocycles. The van der Waals surface area contributed by atoms with Gasteiger partial charge in [-0.15, -0.1) is 0 Å². The highest BCUT2D eigenvalue weighted by Crippen LogP contribution is 2.34. The number of hydrogen-bond acceptors (Lipinski definition) is 2. The molecule has 2 amide bonds. The summed E-state index contributed by atoms with van der Waals surface area (Å²) in [6.07, 6.45) is -4.65. The molecule has 0 radical (unpaired) electrons. The Kier molecular flexibility index (Phi) is 5.14. The van der Waals surface area contributed by atoms with Gasteiger partial charge in [-0.2, -0.15) is 13.2 Å². The van der Waals surface area contributed by atoms with Gasteiger partial charge in [-0.1, -0.05) is 29.8 Å². The number of carbonyl (C=O) groups is 2. The lowest BCUT2D eigenvalue weighted by Gasteiger charge is -2.13. The van der Waals surface area contributed by atoms with Crippen molar-refractivity contribution in [2.75, 3.05) is 10.6 Å². The average molecular weight is 357 g/mol. The summed E-state index contributed by atoms with van der Waals surface area (Å²) in [6, 6.07) is 8.98. The molecule has 0 aliphatic rings. The number of aryl methyl sites for hydroxylation is 1. The Labute approximate surface area is 140 Å². The zero-order valence-corrected chi connectivity index (χ0v) is 13.1. The standard InChI is InChI=1S/C16H12ClF3N2O2/c1-9-6-7-10(8-12(9)17)21-14(23)15(24)22-13-5-3-2-4-11(13)16(18,19)20/h2-8H,1H3,(H,21,23)(H,22,24). The molecule has 4 nitrogen and oxygen atoms in total. The molecule has 0 saturated heterocycles. The van der Waals surface area contributed by atoms with E-state index in [1.165, 1.54) is 24.3 Å². The highest BCUT2D eigenvalue weighted by Gasteiger charge is 2.34. The number of hydrogen-bond donors (Lipinski definition) is 2. The fraction of sp³-hybridized carbons (Fsp3) is 0.125. The van der Waals surface area contributed by atoms with Gasteiger partial charge in [0, 0.05) is 10.7 Å². The van der Waals surface area contributed by atoms with Crippen LogP contribution in [0.25, 0.3) is 0 Å². The van der Waals surface area contributed by atoms with Crippen LogP contribution in [-0.4, -0.2) is 11.8 Å². The van der Waals surface area contributed by atoms with E-state index in [1.807, 2.05) is 5.32 Å². The Balaban J connectivity index is 2.12. The summed E-state index contributed by atoms with van der Waals surface area (Å²) in [5.74, 6) is -2.32. The van der Waals surface area contributed by atoms with Gasteiger partial charge in [-0.05, 0) is 36.8 Å². The van der Waals surface area contributed by atoms with Crippen LogP contribution in [0.4, 0.5) is 24.5 Å². The Morgan fingerprint density at radius 1 is 1.00 bits per heavy atom. The fourth-order valence-electron chi connectivity index (χ4n) is 1.88. The first-order valence-electron chi connectivity index (χ1n) is 6.73.